The van der Waals surface area contributed by atoms with Crippen LogP contribution >= 0.6 is 0 Å². The van der Waals surface area contributed by atoms with E-state index in [1.807, 2.05) is 0 Å². The molecule has 0 unspecified atom stereocenters. The molecule has 0 aliphatic carbocycles. The summed E-state index contributed by atoms with van der Waals surface area (Å²) in [4.78, 5) is 0. The monoisotopic (exact) mass is 282 g/mol. The molecule has 0 radical (unpaired) electrons. The quantitative estimate of drug-likeness (QED) is 0.358. The van der Waals surface area contributed by atoms with Crippen molar-refractivity contribution in [1.29, 1.82) is 0 Å². The summed E-state index contributed by atoms with van der Waals surface area (Å²) in [5, 5.41) is 0. The third-order valence-electron chi connectivity index (χ3n) is 0. The molecular weight excluding hydrogens is 274 g/mol. The number of hydrogen-bond donors (Lipinski definition) is 2. The summed E-state index contributed by atoms with van der Waals surface area (Å²) in [5.74, 6) is 0. The summed E-state index contributed by atoms with van der Waals surface area (Å²) in [6.07, 6.45) is 0. The maximum atomic E-state index is 8.74. The summed E-state index contributed by atoms with van der Waals surface area (Å²) in [5.41, 5.74) is 0. The molecule has 0 saturated heterocycles. The van der Waals surface area contributed by atoms with Gasteiger partial charge in [0.25, 0.3) is 0 Å². The second kappa shape index (κ2) is 9.17. The topological polar surface area (TPSA) is 106 Å². The van der Waals surface area contributed by atoms with E-state index in [4.69, 9.17) is 17.5 Å². The summed E-state index contributed by atoms with van der Waals surface area (Å²) < 4.78 is 31.6. The molecule has 0 bridgehead atoms. The second-order valence-electron chi connectivity index (χ2n) is 0.448. The summed E-state index contributed by atoms with van der Waals surface area (Å²) in [7, 11) is -4.67. The van der Waals surface area contributed by atoms with Crippen molar-refractivity contribution in [3.05, 3.63) is 0 Å². The van der Waals surface area contributed by atoms with Gasteiger partial charge in [-0.05, 0) is 0 Å². The Hall–Kier alpha value is 2.17. The minimum atomic E-state index is -4.67. The van der Waals surface area contributed by atoms with Gasteiger partial charge in [-0.15, -0.1) is 0 Å². The fourth-order valence-corrected chi connectivity index (χ4v) is 0. The van der Waals surface area contributed by atoms with Crippen LogP contribution in [0.2, 0.25) is 0 Å². The summed E-state index contributed by atoms with van der Waals surface area (Å²) >= 11 is 0. The largest absolute Gasteiger partial charge is 0.316 e. The number of hydrogen-bond acceptors (Lipinski definition) is 2. The molecule has 0 spiro atoms. The molecule has 0 amide bonds. The third-order valence-corrected chi connectivity index (χ3v) is 0. The molecule has 0 rings (SSSR count). The average molecular weight is 282 g/mol. The molecule has 5 nitrogen and oxygen atoms in total. The Labute approximate surface area is 103 Å². The predicted molar refractivity (Wildman–Crippen MR) is 34.9 cm³/mol. The SMILES string of the molecule is O.O=S(=O)(O)O.[BaH2].[MgH2]. The van der Waals surface area contributed by atoms with Crippen LogP contribution in [0.5, 0.6) is 0 Å². The van der Waals surface area contributed by atoms with E-state index in [0.29, 0.717) is 0 Å². The second-order valence-corrected chi connectivity index (χ2v) is 1.34. The van der Waals surface area contributed by atoms with Crippen LogP contribution in [0.25, 0.3) is 0 Å². The molecule has 0 saturated carbocycles. The minimum Gasteiger partial charge on any atom is 0.316 e. The molecule has 0 fully saturated rings. The van der Waals surface area contributed by atoms with E-state index in [0.717, 1.165) is 0 Å². The molecule has 0 aliphatic heterocycles. The molecule has 8 heavy (non-hydrogen) atoms. The molecule has 0 aromatic rings. The van der Waals surface area contributed by atoms with Gasteiger partial charge in [-0.3, -0.25) is 9.11 Å². The molecule has 0 aliphatic rings. The van der Waals surface area contributed by atoms with Crippen molar-refractivity contribution in [3.63, 3.8) is 0 Å². The number of rotatable bonds is 0. The van der Waals surface area contributed by atoms with Crippen LogP contribution in [-0.2, 0) is 10.4 Å². The van der Waals surface area contributed by atoms with Gasteiger partial charge >= 0.3 is 82.3 Å². The normalized spacial score (nSPS) is 7.25. The van der Waals surface area contributed by atoms with E-state index < -0.39 is 10.4 Å². The van der Waals surface area contributed by atoms with Gasteiger partial charge in [0.2, 0.25) is 0 Å². The van der Waals surface area contributed by atoms with Crippen molar-refractivity contribution in [2.45, 2.75) is 0 Å². The Bertz CT molecular complexity index is 95.6. The van der Waals surface area contributed by atoms with Crippen LogP contribution in [-0.4, -0.2) is 94.9 Å². The van der Waals surface area contributed by atoms with Gasteiger partial charge in [0, 0.05) is 0 Å². The summed E-state index contributed by atoms with van der Waals surface area (Å²) in [6.45, 7) is 0. The maximum Gasteiger partial charge on any atom is 0.316 e. The van der Waals surface area contributed by atoms with Gasteiger partial charge in [0.15, 0.2) is 0 Å². The van der Waals surface area contributed by atoms with E-state index in [1.165, 1.54) is 0 Å². The Kier molecular flexibility index (Phi) is 25.7. The fraction of sp³-hybridized carbons (Fsp3) is 0. The van der Waals surface area contributed by atoms with Crippen molar-refractivity contribution >= 4 is 82.3 Å². The zero-order valence-electron chi connectivity index (χ0n) is 2.62. The van der Waals surface area contributed by atoms with Crippen LogP contribution in [0, 0.1) is 0 Å². The Morgan fingerprint density at radius 2 is 1.12 bits per heavy atom. The van der Waals surface area contributed by atoms with Crippen molar-refractivity contribution in [2.75, 3.05) is 0 Å². The first kappa shape index (κ1) is 22.5. The van der Waals surface area contributed by atoms with Crippen molar-refractivity contribution < 1.29 is 23.0 Å². The fourth-order valence-electron chi connectivity index (χ4n) is 0. The zero-order valence-corrected chi connectivity index (χ0v) is 3.44. The predicted octanol–water partition coefficient (Wildman–Crippen LogP) is -3.31. The van der Waals surface area contributed by atoms with E-state index in [1.54, 1.807) is 0 Å². The van der Waals surface area contributed by atoms with Crippen molar-refractivity contribution in [2.24, 2.45) is 0 Å². The smallest absolute Gasteiger partial charge is 0.316 e. The summed E-state index contributed by atoms with van der Waals surface area (Å²) in [6, 6.07) is 0. The Morgan fingerprint density at radius 3 is 1.12 bits per heavy atom. The van der Waals surface area contributed by atoms with Gasteiger partial charge in [-0.25, -0.2) is 0 Å². The molecule has 4 N–H and O–H groups in total. The molecular formula is H8BaMgO5S. The minimum absolute atomic E-state index is 0. The standard InChI is InChI=1S/Ba.Mg.H2O4S.H2O.4H/c;;1-5(2,3)4;;;;;/h;;(H2,1,2,3,4);1H2;;;;. The van der Waals surface area contributed by atoms with Gasteiger partial charge in [-0.2, -0.15) is 8.42 Å². The molecule has 0 atom stereocenters. The average Bonchev–Trinajstić information content (AvgIpc) is 0.722. The van der Waals surface area contributed by atoms with Gasteiger partial charge in [0.1, 0.15) is 0 Å². The first-order valence-electron chi connectivity index (χ1n) is 0.698. The Balaban J connectivity index is -0.0000000267. The molecule has 0 heterocycles. The van der Waals surface area contributed by atoms with E-state index in [2.05, 4.69) is 0 Å². The van der Waals surface area contributed by atoms with Gasteiger partial charge in [0.05, 0.1) is 0 Å². The molecule has 48 valence electrons. The van der Waals surface area contributed by atoms with Crippen molar-refractivity contribution in [3.8, 4) is 0 Å². The zero-order chi connectivity index (χ0) is 4.50. The van der Waals surface area contributed by atoms with Crippen LogP contribution in [0.3, 0.4) is 0 Å². The first-order chi connectivity index (χ1) is 2.00. The van der Waals surface area contributed by atoms with Crippen LogP contribution in [0.1, 0.15) is 0 Å². The van der Waals surface area contributed by atoms with Gasteiger partial charge < -0.3 is 5.48 Å². The molecule has 8 heteroatoms. The van der Waals surface area contributed by atoms with Crippen molar-refractivity contribution in [1.82, 2.24) is 0 Å². The molecule has 0 aromatic heterocycles. The first-order valence-corrected chi connectivity index (χ1v) is 2.10. The van der Waals surface area contributed by atoms with E-state index >= 15 is 0 Å². The van der Waals surface area contributed by atoms with Crippen LogP contribution < -0.4 is 0 Å². The third kappa shape index (κ3) is 89.3. The van der Waals surface area contributed by atoms with E-state index in [-0.39, 0.29) is 77.4 Å². The molecule has 0 aromatic carbocycles. The van der Waals surface area contributed by atoms with E-state index in [9.17, 15) is 0 Å². The Morgan fingerprint density at radius 1 is 1.12 bits per heavy atom. The maximum absolute atomic E-state index is 8.74. The van der Waals surface area contributed by atoms with Crippen LogP contribution in [0.15, 0.2) is 0 Å². The van der Waals surface area contributed by atoms with Gasteiger partial charge in [-0.1, -0.05) is 0 Å². The van der Waals surface area contributed by atoms with Crippen LogP contribution in [0.4, 0.5) is 0 Å².